The van der Waals surface area contributed by atoms with Gasteiger partial charge in [-0.3, -0.25) is 14.9 Å². The number of hydrogen-bond acceptors (Lipinski definition) is 6. The second-order valence-electron chi connectivity index (χ2n) is 5.60. The normalized spacial score (nSPS) is 14.7. The molecule has 3 rings (SSSR count). The molecule has 24 heavy (non-hydrogen) atoms. The number of H-pyrrole nitrogens is 1. The first-order valence-electron chi connectivity index (χ1n) is 7.30. The minimum atomic E-state index is -0.697. The molecule has 0 amide bonds. The van der Waals surface area contributed by atoms with Gasteiger partial charge in [0.15, 0.2) is 5.82 Å². The highest BCUT2D eigenvalue weighted by molar-refractivity contribution is 5.89. The number of benzene rings is 1. The molecule has 0 saturated heterocycles. The van der Waals surface area contributed by atoms with E-state index in [4.69, 9.17) is 0 Å². The molecule has 0 atom stereocenters. The number of aromatic nitrogens is 1. The van der Waals surface area contributed by atoms with Gasteiger partial charge in [0, 0.05) is 12.3 Å². The molecule has 1 aliphatic rings. The maximum Gasteiger partial charge on any atom is 0.356 e. The van der Waals surface area contributed by atoms with Crippen LogP contribution in [0.4, 0.5) is 11.5 Å². The van der Waals surface area contributed by atoms with Gasteiger partial charge in [-0.05, 0) is 30.5 Å². The number of nitrogens with zero attached hydrogens (tertiary/aromatic N) is 1. The lowest BCUT2D eigenvalue weighted by molar-refractivity contribution is -0.385. The molecule has 2 N–H and O–H groups in total. The summed E-state index contributed by atoms with van der Waals surface area (Å²) in [6.45, 7) is 0. The molecule has 0 bridgehead atoms. The van der Waals surface area contributed by atoms with Crippen molar-refractivity contribution in [3.05, 3.63) is 68.0 Å². The molecule has 0 spiro atoms. The molecule has 1 aromatic carbocycles. The average Bonchev–Trinajstić information content (AvgIpc) is 3.34. The molecule has 1 aliphatic carbocycles. The molecule has 2 aromatic rings. The Morgan fingerprint density at radius 3 is 2.50 bits per heavy atom. The van der Waals surface area contributed by atoms with Crippen LogP contribution in [0.1, 0.15) is 28.8 Å². The van der Waals surface area contributed by atoms with Crippen molar-refractivity contribution in [2.45, 2.75) is 18.4 Å². The quantitative estimate of drug-likeness (QED) is 0.493. The summed E-state index contributed by atoms with van der Waals surface area (Å²) in [4.78, 5) is 36.4. The molecular formula is C16H15N3O5. The van der Waals surface area contributed by atoms with Crippen LogP contribution in [0.15, 0.2) is 41.3 Å². The lowest BCUT2D eigenvalue weighted by Crippen LogP contribution is -2.22. The summed E-state index contributed by atoms with van der Waals surface area (Å²) < 4.78 is 4.66. The van der Waals surface area contributed by atoms with Gasteiger partial charge >= 0.3 is 11.7 Å². The number of nitro groups is 1. The van der Waals surface area contributed by atoms with Crippen molar-refractivity contribution in [1.29, 1.82) is 0 Å². The molecule has 0 aliphatic heterocycles. The number of rotatable bonds is 5. The molecular weight excluding hydrogens is 314 g/mol. The number of methoxy groups -OCH3 is 1. The number of aromatic amines is 1. The van der Waals surface area contributed by atoms with Crippen molar-refractivity contribution in [3.8, 4) is 0 Å². The number of carbonyl (C=O) groups excluding carboxylic acids is 1. The Morgan fingerprint density at radius 2 is 1.96 bits per heavy atom. The zero-order valence-electron chi connectivity index (χ0n) is 12.9. The van der Waals surface area contributed by atoms with Crippen molar-refractivity contribution in [3.63, 3.8) is 0 Å². The first-order chi connectivity index (χ1) is 11.5. The Morgan fingerprint density at radius 1 is 1.29 bits per heavy atom. The van der Waals surface area contributed by atoms with Crippen LogP contribution < -0.4 is 10.7 Å². The van der Waals surface area contributed by atoms with E-state index in [1.54, 1.807) is 24.3 Å². The van der Waals surface area contributed by atoms with Gasteiger partial charge in [0.2, 0.25) is 0 Å². The largest absolute Gasteiger partial charge is 0.465 e. The standard InChI is InChI=1S/C16H15N3O5/c1-24-15(21)10-2-4-11(5-3-10)16(7-8-16)18-14-13(19(22)23)12(20)6-9-17-14/h2-6,9H,7-8H2,1H3,(H2,17,18,20). The van der Waals surface area contributed by atoms with Crippen LogP contribution in [0.2, 0.25) is 0 Å². The smallest absolute Gasteiger partial charge is 0.356 e. The Labute approximate surface area is 136 Å². The van der Waals surface area contributed by atoms with E-state index in [0.717, 1.165) is 24.5 Å². The number of hydrogen-bond donors (Lipinski definition) is 2. The molecule has 1 aromatic heterocycles. The minimum Gasteiger partial charge on any atom is -0.465 e. The zero-order valence-corrected chi connectivity index (χ0v) is 12.9. The first kappa shape index (κ1) is 15.7. The Hall–Kier alpha value is -3.16. The molecule has 1 heterocycles. The number of nitrogens with one attached hydrogen (secondary N) is 2. The van der Waals surface area contributed by atoms with Crippen LogP contribution >= 0.6 is 0 Å². The first-order valence-corrected chi connectivity index (χ1v) is 7.30. The summed E-state index contributed by atoms with van der Waals surface area (Å²) in [7, 11) is 1.31. The number of ether oxygens (including phenoxy) is 1. The maximum absolute atomic E-state index is 11.7. The fourth-order valence-electron chi connectivity index (χ4n) is 2.64. The SMILES string of the molecule is COC(=O)c1ccc(C2(Nc3[nH]ccc(=O)c3[N+](=O)[O-])CC2)cc1. The Bertz CT molecular complexity index is 853. The van der Waals surface area contributed by atoms with Crippen LogP contribution in [0.3, 0.4) is 0 Å². The van der Waals surface area contributed by atoms with E-state index in [1.165, 1.54) is 13.3 Å². The van der Waals surface area contributed by atoms with Crippen LogP contribution in [0.5, 0.6) is 0 Å². The van der Waals surface area contributed by atoms with Gasteiger partial charge in [0.1, 0.15) is 0 Å². The third-order valence-electron chi connectivity index (χ3n) is 4.09. The number of carbonyl (C=O) groups is 1. The van der Waals surface area contributed by atoms with Gasteiger partial charge in [-0.2, -0.15) is 0 Å². The number of esters is 1. The number of anilines is 1. The van der Waals surface area contributed by atoms with Crippen molar-refractivity contribution in [2.75, 3.05) is 12.4 Å². The van der Waals surface area contributed by atoms with Gasteiger partial charge in [-0.1, -0.05) is 12.1 Å². The molecule has 1 saturated carbocycles. The van der Waals surface area contributed by atoms with Crippen molar-refractivity contribution in [2.24, 2.45) is 0 Å². The van der Waals surface area contributed by atoms with Crippen LogP contribution in [0, 0.1) is 10.1 Å². The van der Waals surface area contributed by atoms with Crippen LogP contribution in [-0.4, -0.2) is 23.0 Å². The predicted octanol–water partition coefficient (Wildman–Crippen LogP) is 2.17. The van der Waals surface area contributed by atoms with E-state index in [1.807, 2.05) is 0 Å². The highest BCUT2D eigenvalue weighted by Crippen LogP contribution is 2.48. The van der Waals surface area contributed by atoms with E-state index in [0.29, 0.717) is 5.56 Å². The van der Waals surface area contributed by atoms with Gasteiger partial charge < -0.3 is 15.0 Å². The van der Waals surface area contributed by atoms with Gasteiger partial charge in [-0.15, -0.1) is 0 Å². The van der Waals surface area contributed by atoms with E-state index in [-0.39, 0.29) is 5.82 Å². The molecule has 8 heteroatoms. The summed E-state index contributed by atoms with van der Waals surface area (Å²) in [5.41, 5.74) is -0.331. The third-order valence-corrected chi connectivity index (χ3v) is 4.09. The van der Waals surface area contributed by atoms with Gasteiger partial charge in [0.25, 0.3) is 5.43 Å². The lowest BCUT2D eigenvalue weighted by Gasteiger charge is -2.19. The second-order valence-corrected chi connectivity index (χ2v) is 5.60. The lowest BCUT2D eigenvalue weighted by atomic mass is 10.0. The fraction of sp³-hybridized carbons (Fsp3) is 0.250. The Balaban J connectivity index is 1.91. The van der Waals surface area contributed by atoms with E-state index in [9.17, 15) is 19.7 Å². The molecule has 0 radical (unpaired) electrons. The topological polar surface area (TPSA) is 114 Å². The fourth-order valence-corrected chi connectivity index (χ4v) is 2.64. The van der Waals surface area contributed by atoms with Crippen LogP contribution in [-0.2, 0) is 10.3 Å². The predicted molar refractivity (Wildman–Crippen MR) is 86.0 cm³/mol. The van der Waals surface area contributed by atoms with Crippen LogP contribution in [0.25, 0.3) is 0 Å². The van der Waals surface area contributed by atoms with Crippen molar-refractivity contribution >= 4 is 17.5 Å². The van der Waals surface area contributed by atoms with Crippen molar-refractivity contribution in [1.82, 2.24) is 4.98 Å². The van der Waals surface area contributed by atoms with E-state index >= 15 is 0 Å². The maximum atomic E-state index is 11.7. The Kier molecular flexibility index (Phi) is 3.80. The molecule has 124 valence electrons. The monoisotopic (exact) mass is 329 g/mol. The summed E-state index contributed by atoms with van der Waals surface area (Å²) >= 11 is 0. The third kappa shape index (κ3) is 2.73. The summed E-state index contributed by atoms with van der Waals surface area (Å²) in [5, 5.41) is 14.2. The zero-order chi connectivity index (χ0) is 17.3. The highest BCUT2D eigenvalue weighted by Gasteiger charge is 2.45. The molecule has 8 nitrogen and oxygen atoms in total. The molecule has 1 fully saturated rings. The van der Waals surface area contributed by atoms with Gasteiger partial charge in [-0.25, -0.2) is 4.79 Å². The summed E-state index contributed by atoms with van der Waals surface area (Å²) in [5.74, 6) is -0.343. The molecule has 0 unspecified atom stereocenters. The van der Waals surface area contributed by atoms with E-state index in [2.05, 4.69) is 15.0 Å². The van der Waals surface area contributed by atoms with Crippen molar-refractivity contribution < 1.29 is 14.5 Å². The van der Waals surface area contributed by atoms with E-state index < -0.39 is 27.5 Å². The summed E-state index contributed by atoms with van der Waals surface area (Å²) in [6, 6.07) is 7.96. The highest BCUT2D eigenvalue weighted by atomic mass is 16.6. The average molecular weight is 329 g/mol. The number of pyridine rings is 1. The second kappa shape index (κ2) is 5.80. The minimum absolute atomic E-state index is 0.0852. The summed E-state index contributed by atoms with van der Waals surface area (Å²) in [6.07, 6.45) is 2.89. The van der Waals surface area contributed by atoms with Gasteiger partial charge in [0.05, 0.1) is 23.1 Å².